The minimum absolute atomic E-state index is 0.266. The summed E-state index contributed by atoms with van der Waals surface area (Å²) < 4.78 is 10.6. The molecule has 0 heterocycles. The number of amides is 1. The molecule has 1 atom stereocenters. The van der Waals surface area contributed by atoms with Crippen molar-refractivity contribution in [1.29, 1.82) is 0 Å². The molecule has 0 aliphatic heterocycles. The molecular formula is C16H19NO4. The van der Waals surface area contributed by atoms with Crippen LogP contribution in [-0.2, 0) is 9.53 Å². The Kier molecular flexibility index (Phi) is 5.37. The molecule has 1 amide bonds. The Labute approximate surface area is 123 Å². The highest BCUT2D eigenvalue weighted by Gasteiger charge is 2.17. The zero-order valence-corrected chi connectivity index (χ0v) is 11.8. The molecule has 0 saturated heterocycles. The normalized spacial score (nSPS) is 17.2. The molecule has 0 aromatic heterocycles. The third kappa shape index (κ3) is 4.63. The number of carbonyl (C=O) groups excluding carboxylic acids is 2. The van der Waals surface area contributed by atoms with Gasteiger partial charge in [0, 0.05) is 0 Å². The van der Waals surface area contributed by atoms with E-state index in [1.807, 2.05) is 0 Å². The van der Waals surface area contributed by atoms with Crippen LogP contribution in [0.5, 0.6) is 5.75 Å². The lowest BCUT2D eigenvalue weighted by Crippen LogP contribution is -2.21. The van der Waals surface area contributed by atoms with E-state index in [0.717, 1.165) is 19.3 Å². The molecule has 0 saturated carbocycles. The van der Waals surface area contributed by atoms with E-state index < -0.39 is 11.9 Å². The Hall–Kier alpha value is -2.30. The van der Waals surface area contributed by atoms with Crippen molar-refractivity contribution in [3.8, 4) is 5.75 Å². The van der Waals surface area contributed by atoms with Crippen molar-refractivity contribution >= 4 is 11.9 Å². The molecule has 0 bridgehead atoms. The van der Waals surface area contributed by atoms with Crippen molar-refractivity contribution in [2.75, 3.05) is 13.2 Å². The Morgan fingerprint density at radius 3 is 2.76 bits per heavy atom. The fourth-order valence-electron chi connectivity index (χ4n) is 2.19. The van der Waals surface area contributed by atoms with E-state index in [2.05, 4.69) is 12.2 Å². The Morgan fingerprint density at radius 2 is 2.05 bits per heavy atom. The van der Waals surface area contributed by atoms with E-state index in [1.165, 1.54) is 0 Å². The summed E-state index contributed by atoms with van der Waals surface area (Å²) in [5.74, 6) is -0.348. The topological polar surface area (TPSA) is 78.6 Å². The van der Waals surface area contributed by atoms with Gasteiger partial charge in [0.2, 0.25) is 0 Å². The fourth-order valence-corrected chi connectivity index (χ4v) is 2.19. The standard InChI is InChI=1S/C16H19NO4/c17-15(18)11-20-14-9-5-4-8-13(14)16(19)21-10-12-6-2-1-3-7-12/h1-2,4-5,8-9,12H,3,6-7,10-11H2,(H2,17,18). The Morgan fingerprint density at radius 1 is 1.24 bits per heavy atom. The Bertz CT molecular complexity index is 539. The van der Waals surface area contributed by atoms with Crippen molar-refractivity contribution in [3.05, 3.63) is 42.0 Å². The maximum Gasteiger partial charge on any atom is 0.341 e. The summed E-state index contributed by atoms with van der Waals surface area (Å²) in [4.78, 5) is 22.9. The number of carbonyl (C=O) groups is 2. The molecule has 2 rings (SSSR count). The van der Waals surface area contributed by atoms with Gasteiger partial charge in [0.1, 0.15) is 11.3 Å². The lowest BCUT2D eigenvalue weighted by Gasteiger charge is -2.18. The van der Waals surface area contributed by atoms with Gasteiger partial charge in [0.15, 0.2) is 6.61 Å². The van der Waals surface area contributed by atoms with Crippen LogP contribution < -0.4 is 10.5 Å². The molecule has 0 spiro atoms. The van der Waals surface area contributed by atoms with Crippen LogP contribution in [0.25, 0.3) is 0 Å². The first-order valence-electron chi connectivity index (χ1n) is 6.99. The van der Waals surface area contributed by atoms with Gasteiger partial charge in [-0.05, 0) is 37.3 Å². The highest BCUT2D eigenvalue weighted by Crippen LogP contribution is 2.22. The van der Waals surface area contributed by atoms with E-state index in [1.54, 1.807) is 24.3 Å². The summed E-state index contributed by atoms with van der Waals surface area (Å²) in [5.41, 5.74) is 5.35. The third-order valence-corrected chi connectivity index (χ3v) is 3.30. The van der Waals surface area contributed by atoms with Gasteiger partial charge < -0.3 is 15.2 Å². The van der Waals surface area contributed by atoms with Crippen molar-refractivity contribution < 1.29 is 19.1 Å². The number of rotatable bonds is 6. The van der Waals surface area contributed by atoms with Crippen LogP contribution in [0.2, 0.25) is 0 Å². The van der Waals surface area contributed by atoms with Crippen molar-refractivity contribution in [2.24, 2.45) is 11.7 Å². The van der Waals surface area contributed by atoms with Gasteiger partial charge in [0.25, 0.3) is 5.91 Å². The van der Waals surface area contributed by atoms with Crippen LogP contribution in [-0.4, -0.2) is 25.1 Å². The number of esters is 1. The molecule has 1 aliphatic carbocycles. The summed E-state index contributed by atoms with van der Waals surface area (Å²) in [6.07, 6.45) is 7.26. The number of primary amides is 1. The lowest BCUT2D eigenvalue weighted by molar-refractivity contribution is -0.119. The fraction of sp³-hybridized carbons (Fsp3) is 0.375. The molecule has 5 nitrogen and oxygen atoms in total. The first kappa shape index (κ1) is 15.1. The summed E-state index contributed by atoms with van der Waals surface area (Å²) in [7, 11) is 0. The predicted molar refractivity (Wildman–Crippen MR) is 77.9 cm³/mol. The van der Waals surface area contributed by atoms with Gasteiger partial charge in [-0.2, -0.15) is 0 Å². The monoisotopic (exact) mass is 289 g/mol. The minimum atomic E-state index is -0.591. The smallest absolute Gasteiger partial charge is 0.341 e. The zero-order chi connectivity index (χ0) is 15.1. The largest absolute Gasteiger partial charge is 0.483 e. The molecule has 5 heteroatoms. The van der Waals surface area contributed by atoms with Gasteiger partial charge in [-0.1, -0.05) is 24.3 Å². The minimum Gasteiger partial charge on any atom is -0.483 e. The molecular weight excluding hydrogens is 270 g/mol. The van der Waals surface area contributed by atoms with Crippen LogP contribution in [0.15, 0.2) is 36.4 Å². The summed E-state index contributed by atoms with van der Waals surface area (Å²) in [5, 5.41) is 0. The molecule has 1 aliphatic rings. The van der Waals surface area contributed by atoms with E-state index in [9.17, 15) is 9.59 Å². The van der Waals surface area contributed by atoms with Crippen LogP contribution in [0.4, 0.5) is 0 Å². The second-order valence-corrected chi connectivity index (χ2v) is 5.00. The number of allylic oxidation sites excluding steroid dienone is 2. The number of para-hydroxylation sites is 1. The average Bonchev–Trinajstić information content (AvgIpc) is 2.52. The second-order valence-electron chi connectivity index (χ2n) is 5.00. The quantitative estimate of drug-likeness (QED) is 0.642. The first-order chi connectivity index (χ1) is 10.2. The molecule has 2 N–H and O–H groups in total. The summed E-state index contributed by atoms with van der Waals surface area (Å²) in [6, 6.07) is 6.67. The van der Waals surface area contributed by atoms with E-state index in [4.69, 9.17) is 15.2 Å². The molecule has 0 fully saturated rings. The predicted octanol–water partition coefficient (Wildman–Crippen LogP) is 2.06. The van der Waals surface area contributed by atoms with Crippen molar-refractivity contribution in [3.63, 3.8) is 0 Å². The highest BCUT2D eigenvalue weighted by atomic mass is 16.5. The van der Waals surface area contributed by atoms with Crippen molar-refractivity contribution in [2.45, 2.75) is 19.3 Å². The molecule has 1 unspecified atom stereocenters. The van der Waals surface area contributed by atoms with Crippen LogP contribution >= 0.6 is 0 Å². The van der Waals surface area contributed by atoms with Crippen molar-refractivity contribution in [1.82, 2.24) is 0 Å². The zero-order valence-electron chi connectivity index (χ0n) is 11.8. The number of benzene rings is 1. The van der Waals surface area contributed by atoms with E-state index in [-0.39, 0.29) is 6.61 Å². The number of hydrogen-bond acceptors (Lipinski definition) is 4. The molecule has 112 valence electrons. The first-order valence-corrected chi connectivity index (χ1v) is 6.99. The van der Waals surface area contributed by atoms with Gasteiger partial charge in [-0.3, -0.25) is 4.79 Å². The number of nitrogens with two attached hydrogens (primary N) is 1. The summed E-state index contributed by atoms with van der Waals surface area (Å²) >= 11 is 0. The molecule has 1 aromatic carbocycles. The number of ether oxygens (including phenoxy) is 2. The third-order valence-electron chi connectivity index (χ3n) is 3.30. The van der Waals surface area contributed by atoms with Gasteiger partial charge >= 0.3 is 5.97 Å². The molecule has 0 radical (unpaired) electrons. The Balaban J connectivity index is 1.94. The summed E-state index contributed by atoms with van der Waals surface area (Å²) in [6.45, 7) is 0.130. The van der Waals surface area contributed by atoms with E-state index >= 15 is 0 Å². The average molecular weight is 289 g/mol. The van der Waals surface area contributed by atoms with Gasteiger partial charge in [0.05, 0.1) is 6.61 Å². The molecule has 21 heavy (non-hydrogen) atoms. The maximum atomic E-state index is 12.1. The van der Waals surface area contributed by atoms with Gasteiger partial charge in [-0.25, -0.2) is 4.79 Å². The van der Waals surface area contributed by atoms with Crippen LogP contribution in [0.3, 0.4) is 0 Å². The highest BCUT2D eigenvalue weighted by molar-refractivity contribution is 5.92. The van der Waals surface area contributed by atoms with Gasteiger partial charge in [-0.15, -0.1) is 0 Å². The maximum absolute atomic E-state index is 12.1. The molecule has 1 aromatic rings. The SMILES string of the molecule is NC(=O)COc1ccccc1C(=O)OCC1CC=CCC1. The number of hydrogen-bond donors (Lipinski definition) is 1. The second kappa shape index (κ2) is 7.47. The van der Waals surface area contributed by atoms with E-state index in [0.29, 0.717) is 23.8 Å². The van der Waals surface area contributed by atoms with Crippen LogP contribution in [0.1, 0.15) is 29.6 Å². The van der Waals surface area contributed by atoms with Crippen LogP contribution in [0, 0.1) is 5.92 Å². The lowest BCUT2D eigenvalue weighted by atomic mass is 9.95.